The molecule has 0 saturated carbocycles. The number of thioether (sulfide) groups is 1. The van der Waals surface area contributed by atoms with Crippen molar-refractivity contribution in [1.82, 2.24) is 15.5 Å². The van der Waals surface area contributed by atoms with Crippen LogP contribution in [0.1, 0.15) is 22.1 Å². The molecule has 0 radical (unpaired) electrons. The first kappa shape index (κ1) is 32.4. The Labute approximate surface area is 272 Å². The van der Waals surface area contributed by atoms with Gasteiger partial charge in [-0.15, -0.1) is 23.1 Å². The Morgan fingerprint density at radius 3 is 2.04 bits per heavy atom. The van der Waals surface area contributed by atoms with Crippen LogP contribution in [0.25, 0.3) is 0 Å². The number of nitrogens with one attached hydrogen (secondary N) is 2. The standard InChI is InChI=1S/C32H29N3O9S2/c1-42-30(39)23(31(40)43-2)27(37)33-21-17-46-29-24(34-22(36)16-20-14-9-15-45-20)28(38)35(29)25(21)32(41)44-26(18-10-5-3-6-11-18)19-12-7-4-8-13-19/h3-15,23-24,26,29H,16-17H2,1-2H3,(H,33,37)(H,34,36)/t24?,29-/m1/s1. The minimum atomic E-state index is -1.99. The maximum atomic E-state index is 14.1. The van der Waals surface area contributed by atoms with Gasteiger partial charge in [0.25, 0.3) is 5.91 Å². The Balaban J connectivity index is 1.47. The molecule has 2 N–H and O–H groups in total. The van der Waals surface area contributed by atoms with Gasteiger partial charge < -0.3 is 24.8 Å². The fourth-order valence-corrected chi connectivity index (χ4v) is 7.00. The molecule has 14 heteroatoms. The Hall–Kier alpha value is -4.95. The van der Waals surface area contributed by atoms with Crippen LogP contribution in [-0.2, 0) is 49.4 Å². The molecule has 3 heterocycles. The van der Waals surface area contributed by atoms with Gasteiger partial charge in [-0.3, -0.25) is 28.9 Å². The zero-order chi connectivity index (χ0) is 32.8. The molecule has 238 valence electrons. The molecule has 2 aliphatic rings. The SMILES string of the molecule is COC(=O)C(C(=O)NC1=C(C(=O)OC(c2ccccc2)c2ccccc2)N2C(=O)C(NC(=O)Cc3cccs3)[C@H]2SC1)C(=O)OC. The number of carbonyl (C=O) groups excluding carboxylic acids is 6. The minimum absolute atomic E-state index is 0.0294. The maximum Gasteiger partial charge on any atom is 0.357 e. The summed E-state index contributed by atoms with van der Waals surface area (Å²) in [5.41, 5.74) is 0.960. The van der Waals surface area contributed by atoms with Crippen LogP contribution in [0.5, 0.6) is 0 Å². The van der Waals surface area contributed by atoms with Gasteiger partial charge >= 0.3 is 17.9 Å². The summed E-state index contributed by atoms with van der Waals surface area (Å²) in [6.45, 7) is 0. The Kier molecular flexibility index (Phi) is 10.2. The lowest BCUT2D eigenvalue weighted by Gasteiger charge is -2.49. The van der Waals surface area contributed by atoms with Crippen molar-refractivity contribution in [1.29, 1.82) is 0 Å². The van der Waals surface area contributed by atoms with Gasteiger partial charge in [-0.1, -0.05) is 66.7 Å². The van der Waals surface area contributed by atoms with Crippen LogP contribution < -0.4 is 10.6 Å². The highest BCUT2D eigenvalue weighted by Gasteiger charge is 2.55. The van der Waals surface area contributed by atoms with Crippen molar-refractivity contribution in [3.8, 4) is 0 Å². The van der Waals surface area contributed by atoms with Gasteiger partial charge in [0.15, 0.2) is 11.8 Å². The second kappa shape index (κ2) is 14.4. The molecule has 0 aliphatic carbocycles. The number of hydrogen-bond donors (Lipinski definition) is 2. The fraction of sp³-hybridized carbons (Fsp3) is 0.250. The molecule has 0 spiro atoms. The predicted molar refractivity (Wildman–Crippen MR) is 167 cm³/mol. The molecule has 5 rings (SSSR count). The third kappa shape index (κ3) is 6.82. The quantitative estimate of drug-likeness (QED) is 0.135. The van der Waals surface area contributed by atoms with E-state index in [-0.39, 0.29) is 29.5 Å². The molecule has 46 heavy (non-hydrogen) atoms. The average molecular weight is 664 g/mol. The van der Waals surface area contributed by atoms with Crippen molar-refractivity contribution in [2.45, 2.75) is 23.9 Å². The molecular weight excluding hydrogens is 634 g/mol. The second-order valence-electron chi connectivity index (χ2n) is 10.1. The number of nitrogens with zero attached hydrogens (tertiary/aromatic N) is 1. The number of rotatable bonds is 11. The van der Waals surface area contributed by atoms with Gasteiger partial charge in [0.1, 0.15) is 11.4 Å². The molecule has 0 bridgehead atoms. The summed E-state index contributed by atoms with van der Waals surface area (Å²) in [4.78, 5) is 80.2. The van der Waals surface area contributed by atoms with E-state index in [1.807, 2.05) is 29.6 Å². The summed E-state index contributed by atoms with van der Waals surface area (Å²) in [5, 5.41) is 6.36. The fourth-order valence-electron chi connectivity index (χ4n) is 5.01. The summed E-state index contributed by atoms with van der Waals surface area (Å²) in [6, 6.07) is 20.6. The van der Waals surface area contributed by atoms with E-state index in [0.29, 0.717) is 11.1 Å². The van der Waals surface area contributed by atoms with Crippen LogP contribution in [0.15, 0.2) is 89.6 Å². The number of thiophene rings is 1. The van der Waals surface area contributed by atoms with E-state index in [9.17, 15) is 28.8 Å². The molecule has 3 aromatic rings. The summed E-state index contributed by atoms with van der Waals surface area (Å²) >= 11 is 2.59. The van der Waals surface area contributed by atoms with Gasteiger partial charge in [0, 0.05) is 10.6 Å². The third-order valence-electron chi connectivity index (χ3n) is 7.23. The summed E-state index contributed by atoms with van der Waals surface area (Å²) in [5.74, 6) is -7.37. The highest BCUT2D eigenvalue weighted by molar-refractivity contribution is 8.00. The first-order valence-corrected chi connectivity index (χ1v) is 15.9. The molecule has 1 unspecified atom stereocenters. The van der Waals surface area contributed by atoms with E-state index in [1.165, 1.54) is 23.1 Å². The van der Waals surface area contributed by atoms with E-state index < -0.39 is 53.2 Å². The summed E-state index contributed by atoms with van der Waals surface area (Å²) in [7, 11) is 2.02. The lowest BCUT2D eigenvalue weighted by atomic mass is 10.0. The van der Waals surface area contributed by atoms with Gasteiger partial charge in [-0.2, -0.15) is 0 Å². The number of fused-ring (bicyclic) bond motifs is 1. The number of methoxy groups -OCH3 is 2. The Morgan fingerprint density at radius 1 is 0.891 bits per heavy atom. The van der Waals surface area contributed by atoms with Crippen LogP contribution in [0.2, 0.25) is 0 Å². The second-order valence-corrected chi connectivity index (χ2v) is 12.3. The van der Waals surface area contributed by atoms with E-state index in [1.54, 1.807) is 48.5 Å². The number of benzene rings is 2. The largest absolute Gasteiger partial charge is 0.468 e. The van der Waals surface area contributed by atoms with Gasteiger partial charge in [-0.05, 0) is 22.6 Å². The van der Waals surface area contributed by atoms with Crippen molar-refractivity contribution in [3.63, 3.8) is 0 Å². The van der Waals surface area contributed by atoms with Crippen LogP contribution in [0, 0.1) is 5.92 Å². The first-order chi connectivity index (χ1) is 22.2. The molecule has 2 atom stereocenters. The van der Waals surface area contributed by atoms with E-state index in [4.69, 9.17) is 4.74 Å². The van der Waals surface area contributed by atoms with Crippen LogP contribution in [0.4, 0.5) is 0 Å². The number of β-lactam (4-membered cyclic amide) rings is 1. The number of ether oxygens (including phenoxy) is 3. The van der Waals surface area contributed by atoms with Crippen molar-refractivity contribution in [3.05, 3.63) is 106 Å². The van der Waals surface area contributed by atoms with Gasteiger partial charge in [-0.25, -0.2) is 4.79 Å². The number of hydrogen-bond acceptors (Lipinski definition) is 11. The summed E-state index contributed by atoms with van der Waals surface area (Å²) < 4.78 is 15.3. The van der Waals surface area contributed by atoms with Crippen molar-refractivity contribution >= 4 is 58.7 Å². The normalized spacial score (nSPS) is 17.1. The predicted octanol–water partition coefficient (Wildman–Crippen LogP) is 2.31. The molecule has 1 aromatic heterocycles. The van der Waals surface area contributed by atoms with Crippen LogP contribution >= 0.6 is 23.1 Å². The lowest BCUT2D eigenvalue weighted by molar-refractivity contribution is -0.162. The van der Waals surface area contributed by atoms with Crippen molar-refractivity contribution < 1.29 is 43.0 Å². The highest BCUT2D eigenvalue weighted by atomic mass is 32.2. The molecular formula is C32H29N3O9S2. The zero-order valence-corrected chi connectivity index (χ0v) is 26.3. The van der Waals surface area contributed by atoms with Gasteiger partial charge in [0.2, 0.25) is 17.7 Å². The Morgan fingerprint density at radius 2 is 1.50 bits per heavy atom. The van der Waals surface area contributed by atoms with Crippen LogP contribution in [-0.4, -0.2) is 71.9 Å². The van der Waals surface area contributed by atoms with Crippen molar-refractivity contribution in [2.75, 3.05) is 20.0 Å². The zero-order valence-electron chi connectivity index (χ0n) is 24.7. The molecule has 2 aromatic carbocycles. The number of esters is 3. The maximum absolute atomic E-state index is 14.1. The lowest BCUT2D eigenvalue weighted by Crippen LogP contribution is -2.71. The summed E-state index contributed by atoms with van der Waals surface area (Å²) in [6.07, 6.45) is -0.800. The molecule has 2 aliphatic heterocycles. The number of carbonyl (C=O) groups is 6. The molecule has 1 saturated heterocycles. The topological polar surface area (TPSA) is 157 Å². The smallest absolute Gasteiger partial charge is 0.357 e. The van der Waals surface area contributed by atoms with Crippen LogP contribution in [0.3, 0.4) is 0 Å². The highest BCUT2D eigenvalue weighted by Crippen LogP contribution is 2.41. The molecule has 3 amide bonds. The minimum Gasteiger partial charge on any atom is -0.468 e. The Bertz CT molecular complexity index is 1610. The van der Waals surface area contributed by atoms with E-state index >= 15 is 0 Å². The number of amides is 3. The van der Waals surface area contributed by atoms with Crippen molar-refractivity contribution in [2.24, 2.45) is 5.92 Å². The first-order valence-electron chi connectivity index (χ1n) is 14.0. The van der Waals surface area contributed by atoms with Gasteiger partial charge in [0.05, 0.1) is 26.3 Å². The average Bonchev–Trinajstić information content (AvgIpc) is 3.59. The molecule has 12 nitrogen and oxygen atoms in total. The third-order valence-corrected chi connectivity index (χ3v) is 9.39. The monoisotopic (exact) mass is 663 g/mol. The van der Waals surface area contributed by atoms with E-state index in [2.05, 4.69) is 20.1 Å². The van der Waals surface area contributed by atoms with E-state index in [0.717, 1.165) is 24.0 Å². The molecule has 1 fully saturated rings.